The van der Waals surface area contributed by atoms with Crippen LogP contribution in [0.1, 0.15) is 47.8 Å². The molecule has 0 aromatic heterocycles. The normalized spacial score (nSPS) is 23.1. The van der Waals surface area contributed by atoms with E-state index >= 15 is 0 Å². The molecule has 0 unspecified atom stereocenters. The highest BCUT2D eigenvalue weighted by Gasteiger charge is 2.49. The predicted molar refractivity (Wildman–Crippen MR) is 101 cm³/mol. The van der Waals surface area contributed by atoms with E-state index in [2.05, 4.69) is 12.2 Å². The molecule has 1 fully saturated rings. The zero-order valence-corrected chi connectivity index (χ0v) is 15.6. The maximum Gasteiger partial charge on any atom is 0.337 e. The fraction of sp³-hybridized carbons (Fsp3) is 0.333. The van der Waals surface area contributed by atoms with E-state index in [-0.39, 0.29) is 12.1 Å². The van der Waals surface area contributed by atoms with Gasteiger partial charge in [0.1, 0.15) is 5.75 Å². The summed E-state index contributed by atoms with van der Waals surface area (Å²) in [5, 5.41) is 3.05. The summed E-state index contributed by atoms with van der Waals surface area (Å²) < 4.78 is 11.1. The molecule has 2 aliphatic heterocycles. The number of amides is 2. The number of hydrogen-bond donors (Lipinski definition) is 1. The molecule has 2 amide bonds. The number of nitrogens with zero attached hydrogens (tertiary/aromatic N) is 1. The maximum absolute atomic E-state index is 12.9. The molecule has 0 radical (unpaired) electrons. The first-order valence-electron chi connectivity index (χ1n) is 9.06. The molecule has 2 heterocycles. The van der Waals surface area contributed by atoms with Gasteiger partial charge in [-0.25, -0.2) is 9.59 Å². The second-order valence-corrected chi connectivity index (χ2v) is 7.08. The van der Waals surface area contributed by atoms with Crippen LogP contribution in [0.5, 0.6) is 5.75 Å². The van der Waals surface area contributed by atoms with Gasteiger partial charge in [-0.1, -0.05) is 19.1 Å². The lowest BCUT2D eigenvalue weighted by molar-refractivity contribution is 0.0377. The number of ether oxygens (including phenoxy) is 2. The first-order valence-corrected chi connectivity index (χ1v) is 9.06. The number of methoxy groups -OCH3 is 1. The second kappa shape index (κ2) is 6.30. The molecule has 6 nitrogen and oxygen atoms in total. The molecule has 2 atom stereocenters. The summed E-state index contributed by atoms with van der Waals surface area (Å²) in [5.74, 6) is 0.252. The molecular weight excluding hydrogens is 344 g/mol. The number of urea groups is 1. The maximum atomic E-state index is 12.9. The van der Waals surface area contributed by atoms with Crippen molar-refractivity contribution in [3.05, 3.63) is 59.2 Å². The number of esters is 1. The molecule has 1 N–H and O–H groups in total. The third-order valence-corrected chi connectivity index (χ3v) is 5.30. The summed E-state index contributed by atoms with van der Waals surface area (Å²) in [4.78, 5) is 26.4. The van der Waals surface area contributed by atoms with Crippen LogP contribution in [0, 0.1) is 0 Å². The van der Waals surface area contributed by atoms with E-state index in [4.69, 9.17) is 9.47 Å². The van der Waals surface area contributed by atoms with Crippen molar-refractivity contribution in [2.75, 3.05) is 12.0 Å². The van der Waals surface area contributed by atoms with Gasteiger partial charge in [0.15, 0.2) is 5.72 Å². The topological polar surface area (TPSA) is 67.9 Å². The summed E-state index contributed by atoms with van der Waals surface area (Å²) >= 11 is 0. The smallest absolute Gasteiger partial charge is 0.337 e. The molecule has 27 heavy (non-hydrogen) atoms. The molecule has 1 saturated heterocycles. The molecular formula is C21H22N2O4. The molecule has 140 valence electrons. The van der Waals surface area contributed by atoms with Gasteiger partial charge >= 0.3 is 12.0 Å². The molecule has 2 bridgehead atoms. The number of benzene rings is 2. The van der Waals surface area contributed by atoms with Crippen molar-refractivity contribution in [3.63, 3.8) is 0 Å². The highest BCUT2D eigenvalue weighted by atomic mass is 16.5. The van der Waals surface area contributed by atoms with Gasteiger partial charge < -0.3 is 14.8 Å². The Bertz CT molecular complexity index is 909. The minimum atomic E-state index is -0.805. The van der Waals surface area contributed by atoms with Gasteiger partial charge in [0.25, 0.3) is 0 Å². The number of hydrogen-bond acceptors (Lipinski definition) is 4. The Morgan fingerprint density at radius 3 is 2.70 bits per heavy atom. The highest BCUT2D eigenvalue weighted by molar-refractivity contribution is 5.95. The largest absolute Gasteiger partial charge is 0.467 e. The van der Waals surface area contributed by atoms with Crippen molar-refractivity contribution in [2.45, 2.75) is 38.5 Å². The molecule has 0 saturated carbocycles. The van der Waals surface area contributed by atoms with E-state index in [1.165, 1.54) is 12.7 Å². The molecule has 2 aromatic carbocycles. The lowest BCUT2D eigenvalue weighted by Gasteiger charge is -2.50. The van der Waals surface area contributed by atoms with Gasteiger partial charge in [0.05, 0.1) is 18.7 Å². The average Bonchev–Trinajstić information content (AvgIpc) is 2.67. The van der Waals surface area contributed by atoms with Crippen LogP contribution in [0.2, 0.25) is 0 Å². The first kappa shape index (κ1) is 17.4. The van der Waals surface area contributed by atoms with Gasteiger partial charge in [0, 0.05) is 17.7 Å². The van der Waals surface area contributed by atoms with E-state index in [1.807, 2.05) is 31.2 Å². The van der Waals surface area contributed by atoms with Crippen molar-refractivity contribution in [1.29, 1.82) is 0 Å². The Hall–Kier alpha value is -3.02. The number of rotatable bonds is 3. The van der Waals surface area contributed by atoms with Crippen LogP contribution in [0.15, 0.2) is 42.5 Å². The quantitative estimate of drug-likeness (QED) is 0.839. The summed E-state index contributed by atoms with van der Waals surface area (Å²) in [6.45, 7) is 4.02. The third kappa shape index (κ3) is 2.81. The third-order valence-electron chi connectivity index (χ3n) is 5.30. The first-order chi connectivity index (χ1) is 12.9. The Balaban J connectivity index is 1.72. The van der Waals surface area contributed by atoms with Crippen molar-refractivity contribution in [2.24, 2.45) is 0 Å². The van der Waals surface area contributed by atoms with Crippen LogP contribution in [0.3, 0.4) is 0 Å². The number of carbonyl (C=O) groups is 2. The van der Waals surface area contributed by atoms with Crippen LogP contribution in [-0.2, 0) is 11.2 Å². The zero-order valence-electron chi connectivity index (χ0n) is 15.6. The number of aryl methyl sites for hydroxylation is 1. The Kier molecular flexibility index (Phi) is 4.06. The van der Waals surface area contributed by atoms with E-state index in [1.54, 1.807) is 23.1 Å². The Morgan fingerprint density at radius 1 is 1.30 bits per heavy atom. The monoisotopic (exact) mass is 366 g/mol. The van der Waals surface area contributed by atoms with Crippen LogP contribution in [0.25, 0.3) is 0 Å². The van der Waals surface area contributed by atoms with Crippen LogP contribution in [-0.4, -0.2) is 24.8 Å². The van der Waals surface area contributed by atoms with E-state index < -0.39 is 11.7 Å². The average molecular weight is 366 g/mol. The lowest BCUT2D eigenvalue weighted by Crippen LogP contribution is -2.65. The standard InChI is InChI=1S/C21H22N2O4/c1-4-13-5-8-15(9-6-13)23-20(25)22-17-12-21(23,2)27-18-10-7-14(11-16(17)18)19(24)26-3/h5-11,17H,4,12H2,1-3H3,(H,22,25)/t17-,21+/m0/s1. The zero-order chi connectivity index (χ0) is 19.2. The van der Waals surface area contributed by atoms with Gasteiger partial charge in [-0.2, -0.15) is 0 Å². The fourth-order valence-electron chi connectivity index (χ4n) is 3.89. The molecule has 4 rings (SSSR count). The predicted octanol–water partition coefficient (Wildman–Crippen LogP) is 3.81. The minimum Gasteiger partial charge on any atom is -0.467 e. The van der Waals surface area contributed by atoms with E-state index in [0.29, 0.717) is 17.7 Å². The molecule has 6 heteroatoms. The molecule has 0 spiro atoms. The van der Waals surface area contributed by atoms with Gasteiger partial charge in [-0.05, 0) is 49.2 Å². The van der Waals surface area contributed by atoms with Crippen LogP contribution in [0.4, 0.5) is 10.5 Å². The van der Waals surface area contributed by atoms with Crippen molar-refractivity contribution >= 4 is 17.7 Å². The summed E-state index contributed by atoms with van der Waals surface area (Å²) in [6.07, 6.45) is 1.52. The van der Waals surface area contributed by atoms with Crippen molar-refractivity contribution in [1.82, 2.24) is 5.32 Å². The SMILES string of the molecule is CCc1ccc(N2C(=O)N[C@H]3C[C@@]2(C)Oc2ccc(C(=O)OC)cc23)cc1. The van der Waals surface area contributed by atoms with Crippen LogP contribution < -0.4 is 15.0 Å². The van der Waals surface area contributed by atoms with E-state index in [0.717, 1.165) is 17.7 Å². The molecule has 2 aliphatic rings. The number of nitrogens with one attached hydrogen (secondary N) is 1. The van der Waals surface area contributed by atoms with Crippen molar-refractivity contribution in [3.8, 4) is 5.75 Å². The van der Waals surface area contributed by atoms with Gasteiger partial charge in [-0.15, -0.1) is 0 Å². The highest BCUT2D eigenvalue weighted by Crippen LogP contribution is 2.45. The van der Waals surface area contributed by atoms with Crippen LogP contribution >= 0.6 is 0 Å². The molecule has 0 aliphatic carbocycles. The summed E-state index contributed by atoms with van der Waals surface area (Å²) in [7, 11) is 1.35. The summed E-state index contributed by atoms with van der Waals surface area (Å²) in [5.41, 5.74) is 2.44. The number of fused-ring (bicyclic) bond motifs is 4. The second-order valence-electron chi connectivity index (χ2n) is 7.08. The van der Waals surface area contributed by atoms with Gasteiger partial charge in [0.2, 0.25) is 0 Å². The molecule has 2 aromatic rings. The number of anilines is 1. The van der Waals surface area contributed by atoms with Crippen molar-refractivity contribution < 1.29 is 19.1 Å². The Morgan fingerprint density at radius 2 is 2.04 bits per heavy atom. The Labute approximate surface area is 158 Å². The minimum absolute atomic E-state index is 0.216. The number of carbonyl (C=O) groups excluding carboxylic acids is 2. The fourth-order valence-corrected chi connectivity index (χ4v) is 3.89. The van der Waals surface area contributed by atoms with Gasteiger partial charge in [-0.3, -0.25) is 4.90 Å². The summed E-state index contributed by atoms with van der Waals surface area (Å²) in [6, 6.07) is 12.7. The van der Waals surface area contributed by atoms with E-state index in [9.17, 15) is 9.59 Å². The lowest BCUT2D eigenvalue weighted by atomic mass is 9.89.